The predicted octanol–water partition coefficient (Wildman–Crippen LogP) is 5.27. The number of hydrogen-bond acceptors (Lipinski definition) is 3. The number of benzene rings is 3. The van der Waals surface area contributed by atoms with Crippen LogP contribution < -0.4 is 16.4 Å². The summed E-state index contributed by atoms with van der Waals surface area (Å²) in [7, 11) is 0. The topological polar surface area (TPSA) is 87.5 Å². The number of primary amides is 1. The molecule has 1 aliphatic heterocycles. The van der Waals surface area contributed by atoms with Gasteiger partial charge in [-0.15, -0.1) is 0 Å². The Labute approximate surface area is 239 Å². The van der Waals surface area contributed by atoms with Crippen molar-refractivity contribution >= 4 is 35.1 Å². The number of nitrogens with two attached hydrogens (primary N) is 1. The maximum Gasteiger partial charge on any atom is 0.312 e. The van der Waals surface area contributed by atoms with Crippen molar-refractivity contribution in [3.63, 3.8) is 0 Å². The van der Waals surface area contributed by atoms with Crippen molar-refractivity contribution in [3.05, 3.63) is 106 Å². The molecule has 1 heterocycles. The Hall–Kier alpha value is -3.06. The van der Waals surface area contributed by atoms with Crippen LogP contribution in [0.25, 0.3) is 0 Å². The van der Waals surface area contributed by atoms with Gasteiger partial charge in [-0.25, -0.2) is 4.79 Å². The number of nitrogens with zero attached hydrogens (tertiary/aromatic N) is 1. The van der Waals surface area contributed by atoms with Crippen LogP contribution in [0, 0.1) is 5.92 Å². The highest BCUT2D eigenvalue weighted by Crippen LogP contribution is 2.56. The number of urea groups is 1. The molecule has 1 aliphatic carbocycles. The summed E-state index contributed by atoms with van der Waals surface area (Å²) in [6, 6.07) is 25.2. The van der Waals surface area contributed by atoms with Crippen LogP contribution >= 0.6 is 23.2 Å². The van der Waals surface area contributed by atoms with E-state index in [1.54, 1.807) is 6.07 Å². The second kappa shape index (κ2) is 11.6. The molecule has 2 fully saturated rings. The lowest BCUT2D eigenvalue weighted by molar-refractivity contribution is -0.124. The summed E-state index contributed by atoms with van der Waals surface area (Å²) in [5, 5.41) is 7.16. The summed E-state index contributed by atoms with van der Waals surface area (Å²) in [6.07, 6.45) is 3.02. The fourth-order valence-electron chi connectivity index (χ4n) is 6.12. The number of nitrogens with one attached hydrogen (secondary N) is 2. The van der Waals surface area contributed by atoms with E-state index in [0.29, 0.717) is 16.6 Å². The van der Waals surface area contributed by atoms with Crippen molar-refractivity contribution in [2.45, 2.75) is 36.6 Å². The van der Waals surface area contributed by atoms with Gasteiger partial charge in [0, 0.05) is 26.2 Å². The molecule has 0 aromatic heterocycles. The Kier molecular flexibility index (Phi) is 8.17. The first kappa shape index (κ1) is 27.5. The van der Waals surface area contributed by atoms with Crippen LogP contribution in [0.2, 0.25) is 10.0 Å². The highest BCUT2D eigenvalue weighted by atomic mass is 35.5. The van der Waals surface area contributed by atoms with E-state index in [0.717, 1.165) is 56.4 Å². The summed E-state index contributed by atoms with van der Waals surface area (Å²) >= 11 is 12.6. The van der Waals surface area contributed by atoms with Gasteiger partial charge in [0.2, 0.25) is 5.91 Å². The first-order chi connectivity index (χ1) is 18.8. The van der Waals surface area contributed by atoms with Crippen LogP contribution in [0.3, 0.4) is 0 Å². The number of amides is 3. The van der Waals surface area contributed by atoms with Gasteiger partial charge >= 0.3 is 6.03 Å². The molecule has 0 radical (unpaired) electrons. The Morgan fingerprint density at radius 1 is 0.897 bits per heavy atom. The molecular weight excluding hydrogens is 531 g/mol. The van der Waals surface area contributed by atoms with E-state index in [9.17, 15) is 9.59 Å². The molecule has 2 aliphatic rings. The Morgan fingerprint density at radius 2 is 1.56 bits per heavy atom. The molecule has 4 N–H and O–H groups in total. The zero-order chi connectivity index (χ0) is 27.5. The quantitative estimate of drug-likeness (QED) is 0.331. The molecule has 0 bridgehead atoms. The van der Waals surface area contributed by atoms with E-state index in [-0.39, 0.29) is 11.8 Å². The summed E-state index contributed by atoms with van der Waals surface area (Å²) in [4.78, 5) is 28.0. The fraction of sp³-hybridized carbons (Fsp3) is 0.355. The second-order valence-corrected chi connectivity index (χ2v) is 11.5. The van der Waals surface area contributed by atoms with Gasteiger partial charge in [-0.2, -0.15) is 0 Å². The number of carbonyl (C=O) groups is 2. The minimum atomic E-state index is -0.635. The maximum absolute atomic E-state index is 13.7. The molecule has 5 rings (SSSR count). The van der Waals surface area contributed by atoms with Crippen molar-refractivity contribution < 1.29 is 9.59 Å². The van der Waals surface area contributed by atoms with Gasteiger partial charge in [0.25, 0.3) is 0 Å². The summed E-state index contributed by atoms with van der Waals surface area (Å²) in [6.45, 7) is 2.94. The lowest BCUT2D eigenvalue weighted by Crippen LogP contribution is -2.54. The molecule has 8 heteroatoms. The third-order valence-electron chi connectivity index (χ3n) is 8.36. The van der Waals surface area contributed by atoms with Crippen LogP contribution in [0.5, 0.6) is 0 Å². The van der Waals surface area contributed by atoms with Crippen LogP contribution in [0.15, 0.2) is 78.9 Å². The number of carbonyl (C=O) groups excluding carboxylic acids is 2. The van der Waals surface area contributed by atoms with Crippen molar-refractivity contribution in [2.75, 3.05) is 26.2 Å². The van der Waals surface area contributed by atoms with Crippen LogP contribution in [0.1, 0.15) is 36.0 Å². The standard InChI is InChI=1S/C31H34Cl2N4O2/c32-26-12-11-24(19-27(26)33)31(28(38)35-16-13-22-7-3-1-4-8-22)20-25(31)21-37-17-14-30(15-18-37,36-29(34)39)23-9-5-2-6-10-23/h1-12,19,25H,13-18,20-21H2,(H,35,38)(H3,34,36,39)/t25-,31+/m0/s1. The van der Waals surface area contributed by atoms with Crippen LogP contribution in [0.4, 0.5) is 4.79 Å². The molecule has 3 aromatic carbocycles. The highest BCUT2D eigenvalue weighted by Gasteiger charge is 2.61. The van der Waals surface area contributed by atoms with Crippen molar-refractivity contribution in [1.82, 2.24) is 15.5 Å². The van der Waals surface area contributed by atoms with Crippen molar-refractivity contribution in [3.8, 4) is 0 Å². The van der Waals surface area contributed by atoms with Gasteiger partial charge in [0.1, 0.15) is 0 Å². The first-order valence-corrected chi connectivity index (χ1v) is 14.2. The van der Waals surface area contributed by atoms with E-state index in [1.807, 2.05) is 60.7 Å². The lowest BCUT2D eigenvalue weighted by Gasteiger charge is -2.42. The second-order valence-electron chi connectivity index (χ2n) is 10.7. The number of halogens is 2. The van der Waals surface area contributed by atoms with E-state index in [2.05, 4.69) is 27.7 Å². The first-order valence-electron chi connectivity index (χ1n) is 13.5. The zero-order valence-electron chi connectivity index (χ0n) is 21.8. The van der Waals surface area contributed by atoms with Gasteiger partial charge < -0.3 is 21.3 Å². The molecule has 39 heavy (non-hydrogen) atoms. The monoisotopic (exact) mass is 564 g/mol. The van der Waals surface area contributed by atoms with Gasteiger partial charge in [-0.1, -0.05) is 89.9 Å². The molecule has 1 saturated heterocycles. The van der Waals surface area contributed by atoms with E-state index in [1.165, 1.54) is 5.56 Å². The molecule has 1 saturated carbocycles. The third-order valence-corrected chi connectivity index (χ3v) is 9.10. The fourth-order valence-corrected chi connectivity index (χ4v) is 6.42. The van der Waals surface area contributed by atoms with Crippen molar-refractivity contribution in [1.29, 1.82) is 0 Å². The highest BCUT2D eigenvalue weighted by molar-refractivity contribution is 6.42. The Balaban J connectivity index is 1.28. The molecule has 3 aromatic rings. The molecule has 0 spiro atoms. The molecule has 204 valence electrons. The largest absolute Gasteiger partial charge is 0.355 e. The molecule has 0 unspecified atom stereocenters. The van der Waals surface area contributed by atoms with Crippen LogP contribution in [-0.4, -0.2) is 43.0 Å². The average molecular weight is 566 g/mol. The van der Waals surface area contributed by atoms with Gasteiger partial charge in [-0.05, 0) is 60.4 Å². The zero-order valence-corrected chi connectivity index (χ0v) is 23.3. The Morgan fingerprint density at radius 3 is 2.21 bits per heavy atom. The summed E-state index contributed by atoms with van der Waals surface area (Å²) in [5.74, 6) is 0.188. The Bertz CT molecular complexity index is 1310. The SMILES string of the molecule is NC(=O)NC1(c2ccccc2)CCN(C[C@@H]2C[C@@]2(C(=O)NCCc2ccccc2)c2ccc(Cl)c(Cl)c2)CC1. The number of rotatable bonds is 9. The number of hydrogen-bond donors (Lipinski definition) is 3. The van der Waals surface area contributed by atoms with E-state index < -0.39 is 17.0 Å². The minimum Gasteiger partial charge on any atom is -0.355 e. The number of piperidine rings is 1. The van der Waals surface area contributed by atoms with Gasteiger partial charge in [-0.3, -0.25) is 4.79 Å². The van der Waals surface area contributed by atoms with E-state index in [4.69, 9.17) is 28.9 Å². The van der Waals surface area contributed by atoms with E-state index >= 15 is 0 Å². The molecular formula is C31H34Cl2N4O2. The predicted molar refractivity (Wildman–Crippen MR) is 156 cm³/mol. The summed E-state index contributed by atoms with van der Waals surface area (Å²) < 4.78 is 0. The minimum absolute atomic E-state index is 0.0351. The average Bonchev–Trinajstić information content (AvgIpc) is 3.67. The van der Waals surface area contributed by atoms with Crippen LogP contribution in [-0.2, 0) is 22.2 Å². The smallest absolute Gasteiger partial charge is 0.312 e. The lowest BCUT2D eigenvalue weighted by atomic mass is 9.80. The van der Waals surface area contributed by atoms with Gasteiger partial charge in [0.15, 0.2) is 0 Å². The maximum atomic E-state index is 13.7. The van der Waals surface area contributed by atoms with Crippen molar-refractivity contribution in [2.24, 2.45) is 11.7 Å². The molecule has 2 atom stereocenters. The van der Waals surface area contributed by atoms with Gasteiger partial charge in [0.05, 0.1) is 21.0 Å². The summed E-state index contributed by atoms with van der Waals surface area (Å²) in [5.41, 5.74) is 7.62. The number of likely N-dealkylation sites (tertiary alicyclic amines) is 1. The molecule has 3 amide bonds. The third kappa shape index (κ3) is 5.93. The normalized spacial score (nSPS) is 22.2. The molecule has 6 nitrogen and oxygen atoms in total.